The zero-order valence-corrected chi connectivity index (χ0v) is 13.6. The molecule has 0 atom stereocenters. The molecular formula is C21H18N2O2. The SMILES string of the molecule is O=C(Cc1ccc(-c2ccccc2)cc1)NNC(=O)c1ccccc1. The van der Waals surface area contributed by atoms with Gasteiger partial charge in [0.15, 0.2) is 0 Å². The fourth-order valence-electron chi connectivity index (χ4n) is 2.46. The van der Waals surface area contributed by atoms with Gasteiger partial charge in [-0.1, -0.05) is 72.8 Å². The van der Waals surface area contributed by atoms with Crippen LogP contribution in [-0.4, -0.2) is 11.8 Å². The summed E-state index contributed by atoms with van der Waals surface area (Å²) in [6, 6.07) is 26.6. The van der Waals surface area contributed by atoms with E-state index < -0.39 is 0 Å². The lowest BCUT2D eigenvalue weighted by molar-refractivity contribution is -0.121. The smallest absolute Gasteiger partial charge is 0.269 e. The Balaban J connectivity index is 1.54. The molecule has 25 heavy (non-hydrogen) atoms. The fourth-order valence-corrected chi connectivity index (χ4v) is 2.46. The highest BCUT2D eigenvalue weighted by Gasteiger charge is 2.07. The minimum absolute atomic E-state index is 0.199. The first-order chi connectivity index (χ1) is 12.2. The van der Waals surface area contributed by atoms with Crippen molar-refractivity contribution in [3.63, 3.8) is 0 Å². The van der Waals surface area contributed by atoms with Crippen molar-refractivity contribution in [2.75, 3.05) is 0 Å². The Bertz CT molecular complexity index is 844. The molecule has 0 aliphatic heterocycles. The van der Waals surface area contributed by atoms with Crippen molar-refractivity contribution in [1.29, 1.82) is 0 Å². The Labute approximate surface area is 146 Å². The number of nitrogens with one attached hydrogen (secondary N) is 2. The average molecular weight is 330 g/mol. The van der Waals surface area contributed by atoms with E-state index in [0.29, 0.717) is 5.56 Å². The summed E-state index contributed by atoms with van der Waals surface area (Å²) in [5, 5.41) is 0. The summed E-state index contributed by atoms with van der Waals surface area (Å²) in [6.07, 6.45) is 0.199. The van der Waals surface area contributed by atoms with Crippen LogP contribution < -0.4 is 10.9 Å². The van der Waals surface area contributed by atoms with Crippen molar-refractivity contribution in [1.82, 2.24) is 10.9 Å². The molecule has 0 spiro atoms. The molecule has 2 amide bonds. The second kappa shape index (κ2) is 7.93. The number of hydrogen-bond acceptors (Lipinski definition) is 2. The molecule has 0 saturated heterocycles. The molecular weight excluding hydrogens is 312 g/mol. The first kappa shape index (κ1) is 16.5. The van der Waals surface area contributed by atoms with Gasteiger partial charge in [-0.25, -0.2) is 0 Å². The van der Waals surface area contributed by atoms with E-state index in [1.54, 1.807) is 24.3 Å². The predicted molar refractivity (Wildman–Crippen MR) is 97.6 cm³/mol. The standard InChI is InChI=1S/C21H18N2O2/c24-20(22-23-21(25)19-9-5-2-6-10-19)15-16-11-13-18(14-12-16)17-7-3-1-4-8-17/h1-14H,15H2,(H,22,24)(H,23,25). The van der Waals surface area contributed by atoms with E-state index in [-0.39, 0.29) is 18.2 Å². The molecule has 3 rings (SSSR count). The zero-order chi connectivity index (χ0) is 17.5. The maximum absolute atomic E-state index is 12.0. The third kappa shape index (κ3) is 4.54. The molecule has 0 aromatic heterocycles. The molecule has 0 fully saturated rings. The van der Waals surface area contributed by atoms with Crippen molar-refractivity contribution in [2.24, 2.45) is 0 Å². The van der Waals surface area contributed by atoms with E-state index >= 15 is 0 Å². The van der Waals surface area contributed by atoms with Crippen molar-refractivity contribution < 1.29 is 9.59 Å². The van der Waals surface area contributed by atoms with E-state index in [0.717, 1.165) is 16.7 Å². The predicted octanol–water partition coefficient (Wildman–Crippen LogP) is 3.36. The molecule has 0 unspecified atom stereocenters. The maximum Gasteiger partial charge on any atom is 0.269 e. The summed E-state index contributed by atoms with van der Waals surface area (Å²) in [5.74, 6) is -0.606. The molecule has 3 aromatic carbocycles. The summed E-state index contributed by atoms with van der Waals surface area (Å²) in [7, 11) is 0. The Morgan fingerprint density at radius 3 is 1.84 bits per heavy atom. The summed E-state index contributed by atoms with van der Waals surface area (Å²) < 4.78 is 0. The van der Waals surface area contributed by atoms with Crippen LogP contribution in [0.15, 0.2) is 84.9 Å². The number of rotatable bonds is 4. The molecule has 0 aliphatic carbocycles. The summed E-state index contributed by atoms with van der Waals surface area (Å²) in [4.78, 5) is 23.9. The van der Waals surface area contributed by atoms with Gasteiger partial charge in [-0.3, -0.25) is 20.4 Å². The van der Waals surface area contributed by atoms with Gasteiger partial charge < -0.3 is 0 Å². The van der Waals surface area contributed by atoms with Crippen LogP contribution in [0.4, 0.5) is 0 Å². The van der Waals surface area contributed by atoms with E-state index in [9.17, 15) is 9.59 Å². The third-order valence-electron chi connectivity index (χ3n) is 3.78. The van der Waals surface area contributed by atoms with Crippen molar-refractivity contribution >= 4 is 11.8 Å². The fraction of sp³-hybridized carbons (Fsp3) is 0.0476. The Morgan fingerprint density at radius 2 is 1.20 bits per heavy atom. The zero-order valence-electron chi connectivity index (χ0n) is 13.6. The highest BCUT2D eigenvalue weighted by Crippen LogP contribution is 2.19. The lowest BCUT2D eigenvalue weighted by Gasteiger charge is -2.08. The second-order valence-corrected chi connectivity index (χ2v) is 5.61. The molecule has 4 nitrogen and oxygen atoms in total. The quantitative estimate of drug-likeness (QED) is 0.721. The van der Waals surface area contributed by atoms with Gasteiger partial charge in [-0.15, -0.1) is 0 Å². The van der Waals surface area contributed by atoms with Crippen LogP contribution in [0.2, 0.25) is 0 Å². The van der Waals surface area contributed by atoms with Gasteiger partial charge in [0.2, 0.25) is 5.91 Å². The van der Waals surface area contributed by atoms with Gasteiger partial charge in [0.1, 0.15) is 0 Å². The van der Waals surface area contributed by atoms with Crippen LogP contribution in [0.5, 0.6) is 0 Å². The van der Waals surface area contributed by atoms with Gasteiger partial charge in [0.25, 0.3) is 5.91 Å². The Hall–Kier alpha value is -3.40. The van der Waals surface area contributed by atoms with E-state index in [2.05, 4.69) is 10.9 Å². The summed E-state index contributed by atoms with van der Waals surface area (Å²) >= 11 is 0. The maximum atomic E-state index is 12.0. The highest BCUT2D eigenvalue weighted by molar-refractivity contribution is 5.95. The van der Waals surface area contributed by atoms with Gasteiger partial charge in [0, 0.05) is 5.56 Å². The molecule has 0 saturated carbocycles. The third-order valence-corrected chi connectivity index (χ3v) is 3.78. The van der Waals surface area contributed by atoms with Crippen LogP contribution in [0.1, 0.15) is 15.9 Å². The largest absolute Gasteiger partial charge is 0.273 e. The van der Waals surface area contributed by atoms with Gasteiger partial charge in [-0.05, 0) is 28.8 Å². The van der Waals surface area contributed by atoms with Crippen LogP contribution in [0.25, 0.3) is 11.1 Å². The van der Waals surface area contributed by atoms with E-state index in [1.807, 2.05) is 60.7 Å². The average Bonchev–Trinajstić information content (AvgIpc) is 2.68. The van der Waals surface area contributed by atoms with Gasteiger partial charge >= 0.3 is 0 Å². The first-order valence-electron chi connectivity index (χ1n) is 8.01. The number of carbonyl (C=O) groups excluding carboxylic acids is 2. The minimum Gasteiger partial charge on any atom is -0.273 e. The van der Waals surface area contributed by atoms with Crippen LogP contribution in [0, 0.1) is 0 Å². The van der Waals surface area contributed by atoms with Gasteiger partial charge in [-0.2, -0.15) is 0 Å². The number of hydrogen-bond donors (Lipinski definition) is 2. The molecule has 124 valence electrons. The molecule has 0 aliphatic rings. The topological polar surface area (TPSA) is 58.2 Å². The first-order valence-corrected chi connectivity index (χ1v) is 8.01. The van der Waals surface area contributed by atoms with E-state index in [1.165, 1.54) is 0 Å². The monoisotopic (exact) mass is 330 g/mol. The van der Waals surface area contributed by atoms with Crippen molar-refractivity contribution in [2.45, 2.75) is 6.42 Å². The molecule has 0 bridgehead atoms. The molecule has 0 heterocycles. The minimum atomic E-state index is -0.339. The van der Waals surface area contributed by atoms with Crippen molar-refractivity contribution in [3.8, 4) is 11.1 Å². The Morgan fingerprint density at radius 1 is 0.640 bits per heavy atom. The Kier molecular flexibility index (Phi) is 5.22. The number of amides is 2. The van der Waals surface area contributed by atoms with Gasteiger partial charge in [0.05, 0.1) is 6.42 Å². The molecule has 0 radical (unpaired) electrons. The van der Waals surface area contributed by atoms with Crippen LogP contribution in [0.3, 0.4) is 0 Å². The summed E-state index contributed by atoms with van der Waals surface area (Å²) in [5.41, 5.74) is 8.46. The highest BCUT2D eigenvalue weighted by atomic mass is 16.2. The molecule has 4 heteroatoms. The van der Waals surface area contributed by atoms with E-state index in [4.69, 9.17) is 0 Å². The summed E-state index contributed by atoms with van der Waals surface area (Å²) in [6.45, 7) is 0. The molecule has 2 N–H and O–H groups in total. The molecule has 3 aromatic rings. The lowest BCUT2D eigenvalue weighted by Crippen LogP contribution is -2.42. The van der Waals surface area contributed by atoms with Crippen molar-refractivity contribution in [3.05, 3.63) is 96.1 Å². The normalized spacial score (nSPS) is 10.1. The van der Waals surface area contributed by atoms with Crippen LogP contribution >= 0.6 is 0 Å². The van der Waals surface area contributed by atoms with Crippen LogP contribution in [-0.2, 0) is 11.2 Å². The number of hydrazine groups is 1. The second-order valence-electron chi connectivity index (χ2n) is 5.61. The number of carbonyl (C=O) groups is 2. The number of benzene rings is 3. The lowest BCUT2D eigenvalue weighted by atomic mass is 10.0.